The lowest BCUT2D eigenvalue weighted by molar-refractivity contribution is -0.117. The molecule has 0 aliphatic carbocycles. The van der Waals surface area contributed by atoms with Crippen molar-refractivity contribution < 1.29 is 14.4 Å². The summed E-state index contributed by atoms with van der Waals surface area (Å²) in [6.45, 7) is 3.03. The maximum atomic E-state index is 12.4. The maximum absolute atomic E-state index is 12.4. The number of anilines is 2. The van der Waals surface area contributed by atoms with E-state index >= 15 is 0 Å². The molecular formula is C22H20N4O4. The predicted molar refractivity (Wildman–Crippen MR) is 113 cm³/mol. The van der Waals surface area contributed by atoms with Gasteiger partial charge in [-0.1, -0.05) is 17.7 Å². The number of carbonyl (C=O) groups excluding carboxylic acids is 3. The number of amides is 2. The number of aryl methyl sites for hydroxylation is 1. The number of hydrogen-bond acceptors (Lipinski definition) is 5. The Kier molecular flexibility index (Phi) is 6.17. The van der Waals surface area contributed by atoms with Crippen LogP contribution < -0.4 is 16.2 Å². The first-order valence-corrected chi connectivity index (χ1v) is 9.19. The summed E-state index contributed by atoms with van der Waals surface area (Å²) in [7, 11) is 0. The molecule has 0 atom stereocenters. The predicted octanol–water partition coefficient (Wildman–Crippen LogP) is 2.65. The van der Waals surface area contributed by atoms with Crippen LogP contribution in [0.15, 0.2) is 65.5 Å². The normalized spacial score (nSPS) is 10.3. The van der Waals surface area contributed by atoms with Crippen LogP contribution in [0.5, 0.6) is 0 Å². The van der Waals surface area contributed by atoms with E-state index in [1.807, 2.05) is 19.1 Å². The van der Waals surface area contributed by atoms with Crippen LogP contribution in [0, 0.1) is 6.92 Å². The first-order chi connectivity index (χ1) is 14.3. The van der Waals surface area contributed by atoms with Crippen molar-refractivity contribution in [1.29, 1.82) is 0 Å². The summed E-state index contributed by atoms with van der Waals surface area (Å²) in [5.41, 5.74) is 2.15. The molecule has 0 fully saturated rings. The van der Waals surface area contributed by atoms with Crippen LogP contribution in [0.3, 0.4) is 0 Å². The Morgan fingerprint density at radius 3 is 2.10 bits per heavy atom. The molecule has 2 N–H and O–H groups in total. The Labute approximate surface area is 172 Å². The van der Waals surface area contributed by atoms with E-state index in [0.29, 0.717) is 16.9 Å². The molecule has 0 spiro atoms. The van der Waals surface area contributed by atoms with E-state index in [1.54, 1.807) is 36.4 Å². The zero-order chi connectivity index (χ0) is 21.7. The van der Waals surface area contributed by atoms with Gasteiger partial charge in [0.2, 0.25) is 5.91 Å². The van der Waals surface area contributed by atoms with Gasteiger partial charge >= 0.3 is 0 Å². The molecule has 30 heavy (non-hydrogen) atoms. The molecule has 0 bridgehead atoms. The number of hydrogen-bond donors (Lipinski definition) is 2. The molecule has 2 aromatic carbocycles. The number of rotatable bonds is 6. The molecule has 152 valence electrons. The molecule has 0 saturated heterocycles. The number of carbonyl (C=O) groups is 3. The van der Waals surface area contributed by atoms with Gasteiger partial charge in [0, 0.05) is 23.0 Å². The Bertz CT molecular complexity index is 1150. The number of Topliss-reactive ketones (excluding diaryl/α,β-unsaturated/α-hetero) is 1. The summed E-state index contributed by atoms with van der Waals surface area (Å²) in [6.07, 6.45) is 0. The standard InChI is InChI=1S/C22H20N4O4/c1-14-3-7-18(8-4-14)24-22(30)19-11-12-21(29)26(25-19)13-20(28)23-17-9-5-16(6-10-17)15(2)27/h3-12H,13H2,1-2H3,(H,23,28)(H,24,30). The molecule has 0 aliphatic rings. The Balaban J connectivity index is 1.69. The van der Waals surface area contributed by atoms with Crippen molar-refractivity contribution in [3.05, 3.63) is 87.8 Å². The highest BCUT2D eigenvalue weighted by Gasteiger charge is 2.12. The van der Waals surface area contributed by atoms with Crippen LogP contribution in [0.1, 0.15) is 33.3 Å². The van der Waals surface area contributed by atoms with Crippen molar-refractivity contribution in [2.24, 2.45) is 0 Å². The van der Waals surface area contributed by atoms with Gasteiger partial charge in [0.1, 0.15) is 12.2 Å². The summed E-state index contributed by atoms with van der Waals surface area (Å²) in [4.78, 5) is 48.0. The van der Waals surface area contributed by atoms with E-state index in [-0.39, 0.29) is 18.0 Å². The van der Waals surface area contributed by atoms with Crippen LogP contribution >= 0.6 is 0 Å². The number of nitrogens with one attached hydrogen (secondary N) is 2. The van der Waals surface area contributed by atoms with Crippen molar-refractivity contribution in [2.45, 2.75) is 20.4 Å². The summed E-state index contributed by atoms with van der Waals surface area (Å²) >= 11 is 0. The van der Waals surface area contributed by atoms with Gasteiger partial charge in [0.15, 0.2) is 5.78 Å². The average molecular weight is 404 g/mol. The molecule has 3 rings (SSSR count). The first kappa shape index (κ1) is 20.7. The largest absolute Gasteiger partial charge is 0.324 e. The summed E-state index contributed by atoms with van der Waals surface area (Å²) in [5.74, 6) is -1.06. The van der Waals surface area contributed by atoms with Crippen LogP contribution in [0.2, 0.25) is 0 Å². The number of aromatic nitrogens is 2. The van der Waals surface area contributed by atoms with Crippen LogP contribution in [0.25, 0.3) is 0 Å². The molecule has 2 amide bonds. The lowest BCUT2D eigenvalue weighted by Crippen LogP contribution is -2.31. The van der Waals surface area contributed by atoms with E-state index in [9.17, 15) is 19.2 Å². The fraction of sp³-hybridized carbons (Fsp3) is 0.136. The highest BCUT2D eigenvalue weighted by atomic mass is 16.2. The van der Waals surface area contributed by atoms with E-state index in [1.165, 1.54) is 19.1 Å². The summed E-state index contributed by atoms with van der Waals surface area (Å²) in [5, 5.41) is 9.31. The lowest BCUT2D eigenvalue weighted by atomic mass is 10.1. The van der Waals surface area contributed by atoms with Crippen molar-refractivity contribution in [3.63, 3.8) is 0 Å². The number of benzene rings is 2. The van der Waals surface area contributed by atoms with Crippen LogP contribution in [-0.4, -0.2) is 27.4 Å². The Morgan fingerprint density at radius 1 is 0.867 bits per heavy atom. The van der Waals surface area contributed by atoms with Gasteiger partial charge in [-0.15, -0.1) is 0 Å². The molecule has 3 aromatic rings. The van der Waals surface area contributed by atoms with E-state index in [2.05, 4.69) is 15.7 Å². The monoisotopic (exact) mass is 404 g/mol. The second kappa shape index (κ2) is 8.95. The highest BCUT2D eigenvalue weighted by molar-refractivity contribution is 6.02. The smallest absolute Gasteiger partial charge is 0.276 e. The zero-order valence-corrected chi connectivity index (χ0v) is 16.5. The fourth-order valence-corrected chi connectivity index (χ4v) is 2.64. The minimum Gasteiger partial charge on any atom is -0.324 e. The second-order valence-electron chi connectivity index (χ2n) is 6.72. The minimum absolute atomic E-state index is 0.00814. The van der Waals surface area contributed by atoms with Gasteiger partial charge in [-0.25, -0.2) is 4.68 Å². The number of ketones is 1. The fourth-order valence-electron chi connectivity index (χ4n) is 2.64. The quantitative estimate of drug-likeness (QED) is 0.614. The third-order valence-electron chi connectivity index (χ3n) is 4.28. The third-order valence-corrected chi connectivity index (χ3v) is 4.28. The van der Waals surface area contributed by atoms with Crippen molar-refractivity contribution in [1.82, 2.24) is 9.78 Å². The SMILES string of the molecule is CC(=O)c1ccc(NC(=O)Cn2nc(C(=O)Nc3ccc(C)cc3)ccc2=O)cc1. The van der Waals surface area contributed by atoms with Crippen molar-refractivity contribution >= 4 is 29.0 Å². The van der Waals surface area contributed by atoms with Gasteiger partial charge in [0.05, 0.1) is 0 Å². The van der Waals surface area contributed by atoms with Crippen molar-refractivity contribution in [2.75, 3.05) is 10.6 Å². The van der Waals surface area contributed by atoms with Gasteiger partial charge < -0.3 is 10.6 Å². The zero-order valence-electron chi connectivity index (χ0n) is 16.5. The van der Waals surface area contributed by atoms with E-state index < -0.39 is 17.4 Å². The molecule has 0 radical (unpaired) electrons. The van der Waals surface area contributed by atoms with Crippen LogP contribution in [-0.2, 0) is 11.3 Å². The highest BCUT2D eigenvalue weighted by Crippen LogP contribution is 2.11. The maximum Gasteiger partial charge on any atom is 0.276 e. The Morgan fingerprint density at radius 2 is 1.47 bits per heavy atom. The van der Waals surface area contributed by atoms with Gasteiger partial charge in [0.25, 0.3) is 11.5 Å². The topological polar surface area (TPSA) is 110 Å². The molecule has 8 heteroatoms. The van der Waals surface area contributed by atoms with Crippen LogP contribution in [0.4, 0.5) is 11.4 Å². The summed E-state index contributed by atoms with van der Waals surface area (Å²) < 4.78 is 0.920. The van der Waals surface area contributed by atoms with Crippen molar-refractivity contribution in [3.8, 4) is 0 Å². The van der Waals surface area contributed by atoms with Gasteiger partial charge in [-0.05, 0) is 56.3 Å². The molecule has 0 unspecified atom stereocenters. The summed E-state index contributed by atoms with van der Waals surface area (Å²) in [6, 6.07) is 16.1. The van der Waals surface area contributed by atoms with E-state index in [0.717, 1.165) is 10.2 Å². The first-order valence-electron chi connectivity index (χ1n) is 9.19. The molecule has 1 heterocycles. The van der Waals surface area contributed by atoms with Gasteiger partial charge in [-0.3, -0.25) is 19.2 Å². The third kappa shape index (κ3) is 5.26. The van der Waals surface area contributed by atoms with Gasteiger partial charge in [-0.2, -0.15) is 5.10 Å². The lowest BCUT2D eigenvalue weighted by Gasteiger charge is -2.09. The Hall–Kier alpha value is -4.07. The molecular weight excluding hydrogens is 384 g/mol. The molecule has 8 nitrogen and oxygen atoms in total. The second-order valence-corrected chi connectivity index (χ2v) is 6.72. The average Bonchev–Trinajstić information content (AvgIpc) is 2.71. The molecule has 1 aromatic heterocycles. The van der Waals surface area contributed by atoms with E-state index in [4.69, 9.17) is 0 Å². The molecule has 0 aliphatic heterocycles. The number of nitrogens with zero attached hydrogens (tertiary/aromatic N) is 2. The minimum atomic E-state index is -0.510. The molecule has 0 saturated carbocycles.